The van der Waals surface area contributed by atoms with Gasteiger partial charge in [-0.15, -0.1) is 23.1 Å². The van der Waals surface area contributed by atoms with Crippen LogP contribution in [0, 0.1) is 0 Å². The number of rotatable bonds is 8. The van der Waals surface area contributed by atoms with E-state index in [1.807, 2.05) is 23.1 Å². The molecular formula is C17H23NS2. The maximum atomic E-state index is 3.46. The summed E-state index contributed by atoms with van der Waals surface area (Å²) in [4.78, 5) is 4.33. The number of benzene rings is 1. The van der Waals surface area contributed by atoms with E-state index in [0.29, 0.717) is 0 Å². The average Bonchev–Trinajstić information content (AvgIpc) is 2.94. The molecular weight excluding hydrogens is 282 g/mol. The van der Waals surface area contributed by atoms with Crippen molar-refractivity contribution in [2.45, 2.75) is 43.9 Å². The Morgan fingerprint density at radius 3 is 2.70 bits per heavy atom. The second kappa shape index (κ2) is 8.50. The van der Waals surface area contributed by atoms with Crippen LogP contribution in [0.3, 0.4) is 0 Å². The highest BCUT2D eigenvalue weighted by molar-refractivity contribution is 7.98. The topological polar surface area (TPSA) is 12.0 Å². The number of thioether (sulfide) groups is 1. The number of nitrogens with one attached hydrogen (secondary N) is 1. The maximum Gasteiger partial charge on any atom is 0.0326 e. The zero-order valence-corrected chi connectivity index (χ0v) is 13.9. The van der Waals surface area contributed by atoms with Crippen molar-refractivity contribution >= 4 is 23.1 Å². The van der Waals surface area contributed by atoms with E-state index in [4.69, 9.17) is 0 Å². The summed E-state index contributed by atoms with van der Waals surface area (Å²) in [6.45, 7) is 6.48. The summed E-state index contributed by atoms with van der Waals surface area (Å²) in [5.41, 5.74) is 1.38. The third-order valence-corrected chi connectivity index (χ3v) is 5.56. The van der Waals surface area contributed by atoms with E-state index < -0.39 is 0 Å². The number of aryl methyl sites for hydroxylation is 1. The number of hydrogen-bond acceptors (Lipinski definition) is 3. The lowest BCUT2D eigenvalue weighted by Crippen LogP contribution is -2.13. The van der Waals surface area contributed by atoms with Gasteiger partial charge in [0, 0.05) is 26.9 Å². The second-order valence-electron chi connectivity index (χ2n) is 4.83. The van der Waals surface area contributed by atoms with Gasteiger partial charge in [0.1, 0.15) is 0 Å². The number of hydrogen-bond donors (Lipinski definition) is 1. The van der Waals surface area contributed by atoms with Crippen molar-refractivity contribution < 1.29 is 0 Å². The summed E-state index contributed by atoms with van der Waals surface area (Å²) in [5.74, 6) is 1.08. The van der Waals surface area contributed by atoms with Crippen LogP contribution in [0.25, 0.3) is 0 Å². The summed E-state index contributed by atoms with van der Waals surface area (Å²) in [6.07, 6.45) is 2.33. The molecule has 3 heteroatoms. The monoisotopic (exact) mass is 305 g/mol. The van der Waals surface area contributed by atoms with Gasteiger partial charge in [-0.05, 0) is 49.2 Å². The number of thiophene rings is 1. The Bertz CT molecular complexity index is 519. The first kappa shape index (κ1) is 15.6. The molecule has 1 nitrogen and oxygen atoms in total. The first-order chi connectivity index (χ1) is 9.81. The molecule has 0 unspecified atom stereocenters. The highest BCUT2D eigenvalue weighted by Crippen LogP contribution is 2.27. The van der Waals surface area contributed by atoms with Crippen molar-refractivity contribution in [3.63, 3.8) is 0 Å². The van der Waals surface area contributed by atoms with Crippen LogP contribution in [0.2, 0.25) is 0 Å². The van der Waals surface area contributed by atoms with Gasteiger partial charge in [-0.3, -0.25) is 0 Å². The maximum absolute atomic E-state index is 3.46. The van der Waals surface area contributed by atoms with Gasteiger partial charge in [0.2, 0.25) is 0 Å². The summed E-state index contributed by atoms with van der Waals surface area (Å²) < 4.78 is 0. The van der Waals surface area contributed by atoms with E-state index in [-0.39, 0.29) is 0 Å². The Morgan fingerprint density at radius 1 is 1.10 bits per heavy atom. The van der Waals surface area contributed by atoms with Crippen LogP contribution < -0.4 is 5.32 Å². The van der Waals surface area contributed by atoms with Crippen molar-refractivity contribution in [2.75, 3.05) is 6.54 Å². The average molecular weight is 306 g/mol. The van der Waals surface area contributed by atoms with Crippen LogP contribution >= 0.6 is 23.1 Å². The Balaban J connectivity index is 1.87. The molecule has 0 aliphatic rings. The van der Waals surface area contributed by atoms with Crippen LogP contribution in [0.4, 0.5) is 0 Å². The van der Waals surface area contributed by atoms with E-state index in [1.54, 1.807) is 0 Å². The molecule has 0 saturated carbocycles. The smallest absolute Gasteiger partial charge is 0.0326 e. The van der Waals surface area contributed by atoms with Crippen LogP contribution in [-0.4, -0.2) is 6.54 Å². The molecule has 0 spiro atoms. The van der Waals surface area contributed by atoms with E-state index >= 15 is 0 Å². The second-order valence-corrected chi connectivity index (χ2v) is 7.14. The molecule has 20 heavy (non-hydrogen) atoms. The van der Waals surface area contributed by atoms with Crippen LogP contribution in [0.5, 0.6) is 0 Å². The summed E-state index contributed by atoms with van der Waals surface area (Å²) in [7, 11) is 0. The highest BCUT2D eigenvalue weighted by atomic mass is 32.2. The van der Waals surface area contributed by atoms with Crippen molar-refractivity contribution in [3.8, 4) is 0 Å². The van der Waals surface area contributed by atoms with E-state index in [9.17, 15) is 0 Å². The largest absolute Gasteiger partial charge is 0.313 e. The fourth-order valence-electron chi connectivity index (χ4n) is 2.00. The standard InChI is InChI=1S/C17H23NS2/c1-3-10-18-12-14-6-5-7-16(11-14)19-13-17-9-8-15(4-2)20-17/h5-9,11,18H,3-4,10,12-13H2,1-2H3. The van der Waals surface area contributed by atoms with Crippen molar-refractivity contribution in [1.29, 1.82) is 0 Å². The SMILES string of the molecule is CCCNCc1cccc(SCc2ccc(CC)s2)c1. The van der Waals surface area contributed by atoms with E-state index in [0.717, 1.165) is 25.3 Å². The van der Waals surface area contributed by atoms with Gasteiger partial charge >= 0.3 is 0 Å². The molecule has 0 radical (unpaired) electrons. The van der Waals surface area contributed by atoms with Gasteiger partial charge in [0.15, 0.2) is 0 Å². The minimum atomic E-state index is 0.973. The van der Waals surface area contributed by atoms with Gasteiger partial charge < -0.3 is 5.32 Å². The zero-order valence-electron chi connectivity index (χ0n) is 12.3. The van der Waals surface area contributed by atoms with Crippen LogP contribution in [0.1, 0.15) is 35.6 Å². The van der Waals surface area contributed by atoms with E-state index in [2.05, 4.69) is 55.6 Å². The molecule has 2 aromatic rings. The quantitative estimate of drug-likeness (QED) is 0.538. The third kappa shape index (κ3) is 4.97. The Morgan fingerprint density at radius 2 is 1.95 bits per heavy atom. The molecule has 0 bridgehead atoms. The molecule has 1 heterocycles. The van der Waals surface area contributed by atoms with Gasteiger partial charge in [-0.1, -0.05) is 26.0 Å². The van der Waals surface area contributed by atoms with Crippen molar-refractivity contribution in [3.05, 3.63) is 51.7 Å². The molecule has 108 valence electrons. The highest BCUT2D eigenvalue weighted by Gasteiger charge is 2.01. The lowest BCUT2D eigenvalue weighted by molar-refractivity contribution is 0.674. The predicted molar refractivity (Wildman–Crippen MR) is 91.7 cm³/mol. The third-order valence-electron chi connectivity index (χ3n) is 3.10. The minimum Gasteiger partial charge on any atom is -0.313 e. The van der Waals surface area contributed by atoms with Crippen molar-refractivity contribution in [1.82, 2.24) is 5.32 Å². The molecule has 0 aliphatic heterocycles. The fourth-order valence-corrected chi connectivity index (χ4v) is 3.98. The molecule has 1 aromatic carbocycles. The molecule has 2 rings (SSSR count). The zero-order chi connectivity index (χ0) is 14.2. The van der Waals surface area contributed by atoms with Gasteiger partial charge in [0.05, 0.1) is 0 Å². The molecule has 0 atom stereocenters. The minimum absolute atomic E-state index is 0.973. The van der Waals surface area contributed by atoms with Crippen molar-refractivity contribution in [2.24, 2.45) is 0 Å². The van der Waals surface area contributed by atoms with E-state index in [1.165, 1.54) is 26.6 Å². The lowest BCUT2D eigenvalue weighted by atomic mass is 10.2. The lowest BCUT2D eigenvalue weighted by Gasteiger charge is -2.06. The van der Waals surface area contributed by atoms with Crippen LogP contribution in [-0.2, 0) is 18.7 Å². The summed E-state index contributed by atoms with van der Waals surface area (Å²) in [5, 5.41) is 3.46. The van der Waals surface area contributed by atoms with Crippen LogP contribution in [0.15, 0.2) is 41.3 Å². The summed E-state index contributed by atoms with van der Waals surface area (Å²) >= 11 is 3.87. The molecule has 1 aromatic heterocycles. The molecule has 1 N–H and O–H groups in total. The van der Waals surface area contributed by atoms with Gasteiger partial charge in [-0.25, -0.2) is 0 Å². The Kier molecular flexibility index (Phi) is 6.64. The molecule has 0 fully saturated rings. The first-order valence-corrected chi connectivity index (χ1v) is 9.12. The molecule has 0 saturated heterocycles. The molecule has 0 amide bonds. The Labute approximate surface area is 130 Å². The summed E-state index contributed by atoms with van der Waals surface area (Å²) in [6, 6.07) is 13.4. The van der Waals surface area contributed by atoms with Gasteiger partial charge in [-0.2, -0.15) is 0 Å². The van der Waals surface area contributed by atoms with Gasteiger partial charge in [0.25, 0.3) is 0 Å². The fraction of sp³-hybridized carbons (Fsp3) is 0.412. The normalized spacial score (nSPS) is 10.9. The predicted octanol–water partition coefficient (Wildman–Crippen LogP) is 5.10. The Hall–Kier alpha value is -0.770. The molecule has 0 aliphatic carbocycles. The first-order valence-electron chi connectivity index (χ1n) is 7.32.